The molecule has 0 fully saturated rings. The van der Waals surface area contributed by atoms with Crippen molar-refractivity contribution in [2.24, 2.45) is 5.73 Å². The van der Waals surface area contributed by atoms with Gasteiger partial charge in [0.15, 0.2) is 0 Å². The molecule has 0 spiro atoms. The number of halogens is 1. The minimum Gasteiger partial charge on any atom is -0.324 e. The fourth-order valence-electron chi connectivity index (χ4n) is 1.24. The smallest absolute Gasteiger partial charge is 0.106 e. The van der Waals surface area contributed by atoms with Gasteiger partial charge in [0.05, 0.1) is 0 Å². The zero-order valence-electron chi connectivity index (χ0n) is 7.83. The first-order valence-electron chi connectivity index (χ1n) is 4.61. The molecule has 0 saturated heterocycles. The van der Waals surface area contributed by atoms with Crippen LogP contribution in [0.5, 0.6) is 0 Å². The van der Waals surface area contributed by atoms with Crippen LogP contribution in [-0.4, -0.2) is 4.98 Å². The van der Waals surface area contributed by atoms with E-state index in [9.17, 15) is 0 Å². The molecule has 0 saturated carbocycles. The highest BCUT2D eigenvalue weighted by molar-refractivity contribution is 9.10. The third kappa shape index (κ3) is 3.44. The highest BCUT2D eigenvalue weighted by Crippen LogP contribution is 2.18. The minimum absolute atomic E-state index is 0.152. The molecule has 1 atom stereocenters. The first-order valence-corrected chi connectivity index (χ1v) is 5.40. The van der Waals surface area contributed by atoms with Crippen LogP contribution in [0.25, 0.3) is 0 Å². The number of nitrogens with zero attached hydrogens (tertiary/aromatic N) is 1. The first-order chi connectivity index (χ1) is 6.24. The molecular formula is C10H15BrN2. The second kappa shape index (κ2) is 5.35. The van der Waals surface area contributed by atoms with Gasteiger partial charge in [-0.1, -0.05) is 19.8 Å². The number of aromatic nitrogens is 1. The lowest BCUT2D eigenvalue weighted by atomic mass is 10.0. The highest BCUT2D eigenvalue weighted by Gasteiger charge is 2.05. The normalized spacial score (nSPS) is 12.8. The average Bonchev–Trinajstić information content (AvgIpc) is 2.14. The average molecular weight is 243 g/mol. The van der Waals surface area contributed by atoms with Crippen LogP contribution in [0.2, 0.25) is 0 Å². The van der Waals surface area contributed by atoms with Crippen molar-refractivity contribution < 1.29 is 0 Å². The molecule has 0 bridgehead atoms. The number of hydrogen-bond acceptors (Lipinski definition) is 2. The molecular weight excluding hydrogens is 228 g/mol. The van der Waals surface area contributed by atoms with Gasteiger partial charge in [-0.25, -0.2) is 4.98 Å². The monoisotopic (exact) mass is 242 g/mol. The van der Waals surface area contributed by atoms with Crippen LogP contribution < -0.4 is 5.73 Å². The van der Waals surface area contributed by atoms with E-state index in [0.717, 1.165) is 16.6 Å². The molecule has 1 rings (SSSR count). The van der Waals surface area contributed by atoms with E-state index in [1.165, 1.54) is 12.8 Å². The maximum absolute atomic E-state index is 6.00. The molecule has 3 heteroatoms. The topological polar surface area (TPSA) is 38.9 Å². The van der Waals surface area contributed by atoms with E-state index in [4.69, 9.17) is 5.73 Å². The van der Waals surface area contributed by atoms with Gasteiger partial charge < -0.3 is 5.73 Å². The molecule has 0 aliphatic heterocycles. The first kappa shape index (κ1) is 10.7. The summed E-state index contributed by atoms with van der Waals surface area (Å²) in [5, 5.41) is 0. The standard InChI is InChI=1S/C10H15BrN2/c1-2-3-4-9(12)8-5-6-13-10(11)7-8/h5-7,9H,2-4,12H2,1H3/t9-/m1/s1. The Labute approximate surface area is 87.7 Å². The van der Waals surface area contributed by atoms with Crippen LogP contribution in [0.15, 0.2) is 22.9 Å². The van der Waals surface area contributed by atoms with Crippen molar-refractivity contribution in [2.75, 3.05) is 0 Å². The Balaban J connectivity index is 2.60. The summed E-state index contributed by atoms with van der Waals surface area (Å²) in [6.45, 7) is 2.18. The molecule has 1 aromatic rings. The zero-order valence-corrected chi connectivity index (χ0v) is 9.42. The van der Waals surface area contributed by atoms with Gasteiger partial charge in [0.2, 0.25) is 0 Å². The molecule has 72 valence electrons. The summed E-state index contributed by atoms with van der Waals surface area (Å²) in [6.07, 6.45) is 5.21. The van der Waals surface area contributed by atoms with Crippen LogP contribution >= 0.6 is 15.9 Å². The van der Waals surface area contributed by atoms with Crippen LogP contribution in [-0.2, 0) is 0 Å². The summed E-state index contributed by atoms with van der Waals surface area (Å²) >= 11 is 3.33. The van der Waals surface area contributed by atoms with Gasteiger partial charge in [0.1, 0.15) is 4.60 Å². The molecule has 1 aromatic heterocycles. The van der Waals surface area contributed by atoms with Crippen LogP contribution in [0, 0.1) is 0 Å². The van der Waals surface area contributed by atoms with Crippen molar-refractivity contribution in [3.05, 3.63) is 28.5 Å². The van der Waals surface area contributed by atoms with Crippen LogP contribution in [0.3, 0.4) is 0 Å². The Morgan fingerprint density at radius 2 is 2.38 bits per heavy atom. The molecule has 0 radical (unpaired) electrons. The Bertz CT molecular complexity index is 263. The predicted molar refractivity (Wildman–Crippen MR) is 58.4 cm³/mol. The Kier molecular flexibility index (Phi) is 4.39. The second-order valence-electron chi connectivity index (χ2n) is 3.16. The summed E-state index contributed by atoms with van der Waals surface area (Å²) < 4.78 is 0.858. The molecule has 0 aromatic carbocycles. The number of pyridine rings is 1. The van der Waals surface area contributed by atoms with Gasteiger partial charge in [-0.05, 0) is 40.0 Å². The van der Waals surface area contributed by atoms with Gasteiger partial charge >= 0.3 is 0 Å². The molecule has 2 nitrogen and oxygen atoms in total. The third-order valence-corrected chi connectivity index (χ3v) is 2.48. The fourth-order valence-corrected chi connectivity index (χ4v) is 1.62. The van der Waals surface area contributed by atoms with Gasteiger partial charge in [0, 0.05) is 12.2 Å². The molecule has 2 N–H and O–H groups in total. The number of hydrogen-bond donors (Lipinski definition) is 1. The van der Waals surface area contributed by atoms with E-state index in [1.807, 2.05) is 12.1 Å². The Morgan fingerprint density at radius 1 is 1.62 bits per heavy atom. The van der Waals surface area contributed by atoms with E-state index in [-0.39, 0.29) is 6.04 Å². The van der Waals surface area contributed by atoms with Gasteiger partial charge in [-0.2, -0.15) is 0 Å². The molecule has 0 amide bonds. The SMILES string of the molecule is CCCC[C@@H](N)c1ccnc(Br)c1. The van der Waals surface area contributed by atoms with E-state index >= 15 is 0 Å². The summed E-state index contributed by atoms with van der Waals surface area (Å²) in [6, 6.07) is 4.12. The van der Waals surface area contributed by atoms with E-state index in [1.54, 1.807) is 6.20 Å². The van der Waals surface area contributed by atoms with Crippen LogP contribution in [0.1, 0.15) is 37.8 Å². The van der Waals surface area contributed by atoms with Crippen molar-refractivity contribution in [2.45, 2.75) is 32.2 Å². The van der Waals surface area contributed by atoms with Crippen molar-refractivity contribution >= 4 is 15.9 Å². The predicted octanol–water partition coefficient (Wildman–Crippen LogP) is 3.03. The van der Waals surface area contributed by atoms with Crippen molar-refractivity contribution in [1.29, 1.82) is 0 Å². The molecule has 1 heterocycles. The highest BCUT2D eigenvalue weighted by atomic mass is 79.9. The van der Waals surface area contributed by atoms with Gasteiger partial charge in [-0.3, -0.25) is 0 Å². The summed E-state index contributed by atoms with van der Waals surface area (Å²) in [5.41, 5.74) is 7.16. The Hall–Kier alpha value is -0.410. The summed E-state index contributed by atoms with van der Waals surface area (Å²) in [7, 11) is 0. The quantitative estimate of drug-likeness (QED) is 0.825. The fraction of sp³-hybridized carbons (Fsp3) is 0.500. The molecule has 0 aliphatic rings. The maximum atomic E-state index is 6.00. The van der Waals surface area contributed by atoms with Gasteiger partial charge in [0.25, 0.3) is 0 Å². The zero-order chi connectivity index (χ0) is 9.68. The van der Waals surface area contributed by atoms with Crippen molar-refractivity contribution in [3.8, 4) is 0 Å². The molecule has 0 aliphatic carbocycles. The second-order valence-corrected chi connectivity index (χ2v) is 3.97. The van der Waals surface area contributed by atoms with E-state index in [0.29, 0.717) is 0 Å². The van der Waals surface area contributed by atoms with Gasteiger partial charge in [-0.15, -0.1) is 0 Å². The van der Waals surface area contributed by atoms with E-state index in [2.05, 4.69) is 27.8 Å². The molecule has 13 heavy (non-hydrogen) atoms. The maximum Gasteiger partial charge on any atom is 0.106 e. The minimum atomic E-state index is 0.152. The molecule has 0 unspecified atom stereocenters. The van der Waals surface area contributed by atoms with Crippen LogP contribution in [0.4, 0.5) is 0 Å². The lowest BCUT2D eigenvalue weighted by Crippen LogP contribution is -2.09. The lowest BCUT2D eigenvalue weighted by Gasteiger charge is -2.10. The lowest BCUT2D eigenvalue weighted by molar-refractivity contribution is 0.602. The van der Waals surface area contributed by atoms with Crippen molar-refractivity contribution in [1.82, 2.24) is 4.98 Å². The summed E-state index contributed by atoms with van der Waals surface area (Å²) in [4.78, 5) is 4.06. The van der Waals surface area contributed by atoms with Crippen molar-refractivity contribution in [3.63, 3.8) is 0 Å². The number of rotatable bonds is 4. The third-order valence-electron chi connectivity index (χ3n) is 2.05. The van der Waals surface area contributed by atoms with E-state index < -0.39 is 0 Å². The number of nitrogens with two attached hydrogens (primary N) is 1. The Morgan fingerprint density at radius 3 is 3.00 bits per heavy atom. The largest absolute Gasteiger partial charge is 0.324 e. The number of unbranched alkanes of at least 4 members (excludes halogenated alkanes) is 1. The summed E-state index contributed by atoms with van der Waals surface area (Å²) in [5.74, 6) is 0.